The van der Waals surface area contributed by atoms with Gasteiger partial charge in [0, 0.05) is 29.7 Å². The molecule has 0 aromatic heterocycles. The summed E-state index contributed by atoms with van der Waals surface area (Å²) in [6.07, 6.45) is -5.06. The molecule has 3 aromatic rings. The second kappa shape index (κ2) is 10.1. The van der Waals surface area contributed by atoms with Crippen LogP contribution in [0, 0.1) is 17.6 Å². The molecule has 12 heteroatoms. The number of hydrogen-bond acceptors (Lipinski definition) is 2. The molecular formula is C25H14Cl4F5NO2. The van der Waals surface area contributed by atoms with Crippen molar-refractivity contribution in [2.75, 3.05) is 5.32 Å². The van der Waals surface area contributed by atoms with Crippen LogP contribution in [0.1, 0.15) is 33.0 Å². The van der Waals surface area contributed by atoms with E-state index in [0.717, 1.165) is 30.3 Å². The zero-order valence-electron chi connectivity index (χ0n) is 18.3. The first-order chi connectivity index (χ1) is 17.2. The standard InChI is InChI=1S/C25H14Cl4F5NO2/c26-17-6-4-14(10-15(17)20(36)8-11-1-3-13(30)9-19(11)31)35-23(37)22-21(24(22,28)29)12-2-5-16(18(27)7-12)25(32,33)34/h1-7,9-10,21-22H,8H2,(H,35,37). The minimum atomic E-state index is -4.65. The van der Waals surface area contributed by atoms with Crippen molar-refractivity contribution in [3.05, 3.63) is 98.5 Å². The van der Waals surface area contributed by atoms with E-state index < -0.39 is 62.7 Å². The first-order valence-electron chi connectivity index (χ1n) is 10.5. The molecule has 1 aliphatic rings. The molecule has 0 saturated heterocycles. The van der Waals surface area contributed by atoms with Crippen LogP contribution in [0.2, 0.25) is 10.0 Å². The van der Waals surface area contributed by atoms with Crippen LogP contribution in [0.25, 0.3) is 0 Å². The Balaban J connectivity index is 1.51. The number of hydrogen-bond donors (Lipinski definition) is 1. The average Bonchev–Trinajstić information content (AvgIpc) is 3.38. The summed E-state index contributed by atoms with van der Waals surface area (Å²) in [6, 6.07) is 9.85. The molecule has 0 spiro atoms. The van der Waals surface area contributed by atoms with Gasteiger partial charge in [0.1, 0.15) is 16.0 Å². The van der Waals surface area contributed by atoms with Gasteiger partial charge in [-0.3, -0.25) is 9.59 Å². The maximum absolute atomic E-state index is 14.0. The molecule has 3 aromatic carbocycles. The zero-order valence-corrected chi connectivity index (χ0v) is 21.3. The number of rotatable bonds is 6. The Morgan fingerprint density at radius 2 is 1.62 bits per heavy atom. The molecule has 1 N–H and O–H groups in total. The Kier molecular flexibility index (Phi) is 7.51. The zero-order chi connectivity index (χ0) is 27.3. The first-order valence-corrected chi connectivity index (χ1v) is 12.0. The summed E-state index contributed by atoms with van der Waals surface area (Å²) < 4.78 is 64.5. The second-order valence-corrected chi connectivity index (χ2v) is 10.6. The molecule has 0 bridgehead atoms. The normalized spacial score (nSPS) is 18.4. The van der Waals surface area contributed by atoms with Gasteiger partial charge in [0.15, 0.2) is 5.78 Å². The Morgan fingerprint density at radius 1 is 0.919 bits per heavy atom. The molecule has 1 aliphatic carbocycles. The molecule has 194 valence electrons. The predicted molar refractivity (Wildman–Crippen MR) is 132 cm³/mol. The third-order valence-corrected chi connectivity index (χ3v) is 7.48. The highest BCUT2D eigenvalue weighted by Gasteiger charge is 2.67. The lowest BCUT2D eigenvalue weighted by Crippen LogP contribution is -2.17. The van der Waals surface area contributed by atoms with E-state index in [1.165, 1.54) is 18.2 Å². The van der Waals surface area contributed by atoms with Crippen molar-refractivity contribution in [2.45, 2.75) is 22.8 Å². The Morgan fingerprint density at radius 3 is 2.24 bits per heavy atom. The van der Waals surface area contributed by atoms with Crippen molar-refractivity contribution in [3.8, 4) is 0 Å². The second-order valence-electron chi connectivity index (χ2n) is 8.39. The van der Waals surface area contributed by atoms with Gasteiger partial charge in [-0.25, -0.2) is 8.78 Å². The molecule has 0 heterocycles. The lowest BCUT2D eigenvalue weighted by Gasteiger charge is -2.11. The highest BCUT2D eigenvalue weighted by molar-refractivity contribution is 6.53. The lowest BCUT2D eigenvalue weighted by molar-refractivity contribution is -0.137. The molecule has 4 rings (SSSR count). The molecule has 2 unspecified atom stereocenters. The van der Waals surface area contributed by atoms with Crippen LogP contribution in [0.4, 0.5) is 27.6 Å². The molecule has 1 saturated carbocycles. The molecule has 2 atom stereocenters. The number of Topliss-reactive ketones (excluding diaryl/α,β-unsaturated/α-hetero) is 1. The third-order valence-electron chi connectivity index (χ3n) is 5.89. The molecule has 37 heavy (non-hydrogen) atoms. The van der Waals surface area contributed by atoms with Crippen LogP contribution >= 0.6 is 46.4 Å². The molecule has 0 aliphatic heterocycles. The number of alkyl halides is 5. The van der Waals surface area contributed by atoms with Gasteiger partial charge in [-0.05, 0) is 47.5 Å². The van der Waals surface area contributed by atoms with E-state index in [0.29, 0.717) is 6.07 Å². The van der Waals surface area contributed by atoms with Crippen LogP contribution in [0.5, 0.6) is 0 Å². The predicted octanol–water partition coefficient (Wildman–Crippen LogP) is 8.24. The van der Waals surface area contributed by atoms with E-state index in [-0.39, 0.29) is 27.4 Å². The number of carbonyl (C=O) groups excluding carboxylic acids is 2. The van der Waals surface area contributed by atoms with Gasteiger partial charge in [0.05, 0.1) is 21.5 Å². The van der Waals surface area contributed by atoms with Crippen molar-refractivity contribution in [2.24, 2.45) is 5.92 Å². The number of nitrogens with one attached hydrogen (secondary N) is 1. The summed E-state index contributed by atoms with van der Waals surface area (Å²) in [5.41, 5.74) is -0.697. The minimum absolute atomic E-state index is 0.0203. The first kappa shape index (κ1) is 27.6. The largest absolute Gasteiger partial charge is 0.417 e. The van der Waals surface area contributed by atoms with Crippen molar-refractivity contribution in [3.63, 3.8) is 0 Å². The molecule has 1 amide bonds. The highest BCUT2D eigenvalue weighted by Crippen LogP contribution is 2.65. The van der Waals surface area contributed by atoms with E-state index in [1.807, 2.05) is 0 Å². The summed E-state index contributed by atoms with van der Waals surface area (Å²) >= 11 is 24.5. The molecule has 1 fully saturated rings. The third kappa shape index (κ3) is 5.72. The van der Waals surface area contributed by atoms with Crippen LogP contribution < -0.4 is 5.32 Å². The van der Waals surface area contributed by atoms with Gasteiger partial charge < -0.3 is 5.32 Å². The van der Waals surface area contributed by atoms with Gasteiger partial charge in [-0.2, -0.15) is 13.2 Å². The van der Waals surface area contributed by atoms with Gasteiger partial charge in [-0.15, -0.1) is 23.2 Å². The van der Waals surface area contributed by atoms with Crippen LogP contribution in [0.3, 0.4) is 0 Å². The van der Waals surface area contributed by atoms with Crippen molar-refractivity contribution in [1.82, 2.24) is 0 Å². The Hall–Kier alpha value is -2.39. The van der Waals surface area contributed by atoms with Crippen LogP contribution in [0.15, 0.2) is 54.6 Å². The Labute approximate surface area is 227 Å². The minimum Gasteiger partial charge on any atom is -0.326 e. The summed E-state index contributed by atoms with van der Waals surface area (Å²) in [4.78, 5) is 25.7. The number of amides is 1. The average molecular weight is 597 g/mol. The topological polar surface area (TPSA) is 46.2 Å². The van der Waals surface area contributed by atoms with E-state index in [9.17, 15) is 31.5 Å². The quantitative estimate of drug-likeness (QED) is 0.177. The number of halogens is 9. The smallest absolute Gasteiger partial charge is 0.326 e. The number of anilines is 1. The van der Waals surface area contributed by atoms with Crippen molar-refractivity contribution in [1.29, 1.82) is 0 Å². The van der Waals surface area contributed by atoms with E-state index in [1.54, 1.807) is 0 Å². The van der Waals surface area contributed by atoms with Gasteiger partial charge in [-0.1, -0.05) is 35.3 Å². The fourth-order valence-corrected chi connectivity index (χ4v) is 5.34. The number of ketones is 1. The van der Waals surface area contributed by atoms with Crippen molar-refractivity contribution >= 4 is 63.8 Å². The van der Waals surface area contributed by atoms with E-state index in [2.05, 4.69) is 5.32 Å². The summed E-state index contributed by atoms with van der Waals surface area (Å²) in [5.74, 6) is -4.80. The van der Waals surface area contributed by atoms with Crippen molar-refractivity contribution < 1.29 is 31.5 Å². The van der Waals surface area contributed by atoms with Gasteiger partial charge in [0.2, 0.25) is 5.91 Å². The molecule has 3 nitrogen and oxygen atoms in total. The van der Waals surface area contributed by atoms with E-state index >= 15 is 0 Å². The summed E-state index contributed by atoms with van der Waals surface area (Å²) in [6.45, 7) is 0. The van der Waals surface area contributed by atoms with Gasteiger partial charge in [0.25, 0.3) is 0 Å². The fraction of sp³-hybridized carbons (Fsp3) is 0.200. The SMILES string of the molecule is O=C(Cc1ccc(F)cc1F)c1cc(NC(=O)C2C(c3ccc(C(F)(F)F)c(Cl)c3)C2(Cl)Cl)ccc1Cl. The summed E-state index contributed by atoms with van der Waals surface area (Å²) in [5, 5.41) is 2.04. The maximum atomic E-state index is 14.0. The molecular weight excluding hydrogens is 583 g/mol. The number of benzene rings is 3. The summed E-state index contributed by atoms with van der Waals surface area (Å²) in [7, 11) is 0. The van der Waals surface area contributed by atoms with Crippen LogP contribution in [-0.2, 0) is 17.4 Å². The van der Waals surface area contributed by atoms with E-state index in [4.69, 9.17) is 46.4 Å². The number of carbonyl (C=O) groups is 2. The lowest BCUT2D eigenvalue weighted by atomic mass is 10.0. The van der Waals surface area contributed by atoms with Gasteiger partial charge >= 0.3 is 6.18 Å². The van der Waals surface area contributed by atoms with Crippen LogP contribution in [-0.4, -0.2) is 16.0 Å². The fourth-order valence-electron chi connectivity index (χ4n) is 3.99. The molecule has 0 radical (unpaired) electrons. The Bertz CT molecular complexity index is 1410. The monoisotopic (exact) mass is 595 g/mol. The maximum Gasteiger partial charge on any atom is 0.417 e. The highest BCUT2D eigenvalue weighted by atomic mass is 35.5.